The highest BCUT2D eigenvalue weighted by Gasteiger charge is 2.23. The number of nitrogens with one attached hydrogen (secondary N) is 1. The Morgan fingerprint density at radius 2 is 2.28 bits per heavy atom. The first kappa shape index (κ1) is 13.3. The molecule has 18 heavy (non-hydrogen) atoms. The number of likely N-dealkylation sites (tertiary alicyclic amines) is 1. The second-order valence-electron chi connectivity index (χ2n) is 4.82. The quantitative estimate of drug-likeness (QED) is 0.875. The van der Waals surface area contributed by atoms with Gasteiger partial charge in [-0.15, -0.1) is 11.3 Å². The summed E-state index contributed by atoms with van der Waals surface area (Å²) >= 11 is 1.69. The van der Waals surface area contributed by atoms with Crippen molar-refractivity contribution >= 4 is 17.4 Å². The fourth-order valence-corrected chi connectivity index (χ4v) is 3.08. The largest absolute Gasteiger partial charge is 0.351 e. The van der Waals surface area contributed by atoms with Crippen LogP contribution in [0.2, 0.25) is 0 Å². The lowest BCUT2D eigenvalue weighted by molar-refractivity contribution is 0.183. The molecule has 1 aliphatic heterocycles. The lowest BCUT2D eigenvalue weighted by atomic mass is 10.0. The molecule has 0 bridgehead atoms. The maximum Gasteiger partial charge on any atom is 0.314 e. The van der Waals surface area contributed by atoms with E-state index in [0.717, 1.165) is 36.6 Å². The maximum atomic E-state index is 11.0. The number of aryl methyl sites for hydroxylation is 1. The van der Waals surface area contributed by atoms with Crippen LogP contribution in [0.1, 0.15) is 36.5 Å². The number of hydrogen-bond donors (Lipinski definition) is 2. The van der Waals surface area contributed by atoms with Gasteiger partial charge in [-0.3, -0.25) is 0 Å². The predicted octanol–water partition coefficient (Wildman–Crippen LogP) is 1.65. The number of urea groups is 1. The molecule has 6 heteroatoms. The highest BCUT2D eigenvalue weighted by molar-refractivity contribution is 7.09. The number of nitrogens with zero attached hydrogens (tertiary/aromatic N) is 2. The first-order valence-electron chi connectivity index (χ1n) is 6.28. The van der Waals surface area contributed by atoms with Gasteiger partial charge in [0.05, 0.1) is 6.04 Å². The lowest BCUT2D eigenvalue weighted by Gasteiger charge is -2.32. The molecule has 0 aliphatic carbocycles. The van der Waals surface area contributed by atoms with E-state index in [-0.39, 0.29) is 12.1 Å². The zero-order valence-corrected chi connectivity index (χ0v) is 11.7. The summed E-state index contributed by atoms with van der Waals surface area (Å²) in [6, 6.07) is 0.408. The average molecular weight is 268 g/mol. The number of thiazole rings is 1. The molecule has 0 aromatic carbocycles. The van der Waals surface area contributed by atoms with Crippen molar-refractivity contribution < 1.29 is 4.79 Å². The number of amides is 2. The summed E-state index contributed by atoms with van der Waals surface area (Å²) in [4.78, 5) is 17.2. The molecule has 2 rings (SSSR count). The van der Waals surface area contributed by atoms with Crippen LogP contribution in [0.5, 0.6) is 0 Å². The van der Waals surface area contributed by atoms with Crippen molar-refractivity contribution in [2.75, 3.05) is 13.1 Å². The normalized spacial score (nSPS) is 18.9. The summed E-state index contributed by atoms with van der Waals surface area (Å²) in [6.45, 7) is 5.64. The Bertz CT molecular complexity index is 412. The molecule has 3 N–H and O–H groups in total. The predicted molar refractivity (Wildman–Crippen MR) is 72.6 cm³/mol. The van der Waals surface area contributed by atoms with E-state index in [1.165, 1.54) is 0 Å². The first-order valence-corrected chi connectivity index (χ1v) is 7.16. The van der Waals surface area contributed by atoms with Gasteiger partial charge in [-0.2, -0.15) is 0 Å². The summed E-state index contributed by atoms with van der Waals surface area (Å²) in [5, 5.41) is 6.78. The van der Waals surface area contributed by atoms with Crippen LogP contribution in [0.4, 0.5) is 4.79 Å². The minimum absolute atomic E-state index is 0.272. The van der Waals surface area contributed by atoms with Crippen molar-refractivity contribution in [1.82, 2.24) is 15.2 Å². The Kier molecular flexibility index (Phi) is 4.19. The van der Waals surface area contributed by atoms with Gasteiger partial charge in [-0.1, -0.05) is 0 Å². The minimum atomic E-state index is -0.308. The van der Waals surface area contributed by atoms with Gasteiger partial charge in [-0.05, 0) is 26.7 Å². The van der Waals surface area contributed by atoms with Crippen LogP contribution in [0.3, 0.4) is 0 Å². The van der Waals surface area contributed by atoms with E-state index in [2.05, 4.69) is 22.6 Å². The number of carbonyl (C=O) groups is 1. The summed E-state index contributed by atoms with van der Waals surface area (Å²) in [5.74, 6) is 0. The Morgan fingerprint density at radius 1 is 1.61 bits per heavy atom. The van der Waals surface area contributed by atoms with E-state index in [9.17, 15) is 4.79 Å². The number of hydrogen-bond acceptors (Lipinski definition) is 4. The zero-order chi connectivity index (χ0) is 13.1. The van der Waals surface area contributed by atoms with E-state index in [1.807, 2.05) is 6.92 Å². The van der Waals surface area contributed by atoms with Crippen molar-refractivity contribution in [2.45, 2.75) is 38.8 Å². The topological polar surface area (TPSA) is 71.2 Å². The molecule has 100 valence electrons. The van der Waals surface area contributed by atoms with Crippen molar-refractivity contribution in [3.63, 3.8) is 0 Å². The average Bonchev–Trinajstić information content (AvgIpc) is 2.76. The fraction of sp³-hybridized carbons (Fsp3) is 0.667. The standard InChI is InChI=1S/C12H20N4OS/c1-8-7-18-11(14-8)9(2)15-10-3-5-16(6-4-10)12(13)17/h7,9-10,15H,3-6H2,1-2H3,(H2,13,17). The monoisotopic (exact) mass is 268 g/mol. The zero-order valence-electron chi connectivity index (χ0n) is 10.8. The molecule has 1 saturated heterocycles. The molecule has 2 heterocycles. The number of piperidine rings is 1. The summed E-state index contributed by atoms with van der Waals surface area (Å²) < 4.78 is 0. The smallest absolute Gasteiger partial charge is 0.314 e. The molecule has 1 fully saturated rings. The molecule has 0 saturated carbocycles. The third-order valence-electron chi connectivity index (χ3n) is 3.30. The summed E-state index contributed by atoms with van der Waals surface area (Å²) in [7, 11) is 0. The Labute approximate surface area is 111 Å². The number of carbonyl (C=O) groups excluding carboxylic acids is 1. The number of primary amides is 1. The molecule has 5 nitrogen and oxygen atoms in total. The third-order valence-corrected chi connectivity index (χ3v) is 4.44. The van der Waals surface area contributed by atoms with Gasteiger partial charge in [0.1, 0.15) is 5.01 Å². The summed E-state index contributed by atoms with van der Waals surface area (Å²) in [6.07, 6.45) is 1.91. The van der Waals surface area contributed by atoms with Crippen LogP contribution in [-0.2, 0) is 0 Å². The Balaban J connectivity index is 1.83. The highest BCUT2D eigenvalue weighted by Crippen LogP contribution is 2.20. The van der Waals surface area contributed by atoms with E-state index in [1.54, 1.807) is 16.2 Å². The fourth-order valence-electron chi connectivity index (χ4n) is 2.26. The van der Waals surface area contributed by atoms with Crippen LogP contribution in [-0.4, -0.2) is 35.0 Å². The molecular formula is C12H20N4OS. The molecule has 1 aliphatic rings. The van der Waals surface area contributed by atoms with Crippen molar-refractivity contribution in [1.29, 1.82) is 0 Å². The minimum Gasteiger partial charge on any atom is -0.351 e. The number of rotatable bonds is 3. The molecule has 0 radical (unpaired) electrons. The highest BCUT2D eigenvalue weighted by atomic mass is 32.1. The lowest BCUT2D eigenvalue weighted by Crippen LogP contribution is -2.47. The van der Waals surface area contributed by atoms with Crippen LogP contribution in [0.15, 0.2) is 5.38 Å². The molecule has 0 spiro atoms. The van der Waals surface area contributed by atoms with Crippen LogP contribution in [0, 0.1) is 6.92 Å². The van der Waals surface area contributed by atoms with Crippen molar-refractivity contribution in [3.05, 3.63) is 16.1 Å². The molecule has 1 aromatic heterocycles. The molecule has 1 unspecified atom stereocenters. The SMILES string of the molecule is Cc1csc(C(C)NC2CCN(C(N)=O)CC2)n1. The van der Waals surface area contributed by atoms with Crippen LogP contribution >= 0.6 is 11.3 Å². The van der Waals surface area contributed by atoms with Crippen molar-refractivity contribution in [2.24, 2.45) is 5.73 Å². The second-order valence-corrected chi connectivity index (χ2v) is 5.70. The van der Waals surface area contributed by atoms with Gasteiger partial charge in [0.25, 0.3) is 0 Å². The van der Waals surface area contributed by atoms with Gasteiger partial charge in [0, 0.05) is 30.2 Å². The number of aromatic nitrogens is 1. The van der Waals surface area contributed by atoms with Crippen molar-refractivity contribution in [3.8, 4) is 0 Å². The Hall–Kier alpha value is -1.14. The first-order chi connectivity index (χ1) is 8.56. The molecule has 2 amide bonds. The van der Waals surface area contributed by atoms with E-state index < -0.39 is 0 Å². The molecular weight excluding hydrogens is 248 g/mol. The van der Waals surface area contributed by atoms with Gasteiger partial charge in [-0.25, -0.2) is 9.78 Å². The van der Waals surface area contributed by atoms with E-state index in [4.69, 9.17) is 5.73 Å². The molecule has 1 aromatic rings. The van der Waals surface area contributed by atoms with Gasteiger partial charge < -0.3 is 16.0 Å². The second kappa shape index (κ2) is 5.67. The number of nitrogens with two attached hydrogens (primary N) is 1. The van der Waals surface area contributed by atoms with E-state index >= 15 is 0 Å². The summed E-state index contributed by atoms with van der Waals surface area (Å²) in [5.41, 5.74) is 6.34. The van der Waals surface area contributed by atoms with Crippen LogP contribution < -0.4 is 11.1 Å². The van der Waals surface area contributed by atoms with E-state index in [0.29, 0.717) is 6.04 Å². The van der Waals surface area contributed by atoms with Gasteiger partial charge in [0.15, 0.2) is 0 Å². The Morgan fingerprint density at radius 3 is 2.78 bits per heavy atom. The van der Waals surface area contributed by atoms with Gasteiger partial charge in [0.2, 0.25) is 0 Å². The molecule has 1 atom stereocenters. The maximum absolute atomic E-state index is 11.0. The van der Waals surface area contributed by atoms with Gasteiger partial charge >= 0.3 is 6.03 Å². The third kappa shape index (κ3) is 3.20. The van der Waals surface area contributed by atoms with Crippen LogP contribution in [0.25, 0.3) is 0 Å².